The highest BCUT2D eigenvalue weighted by Gasteiger charge is 2.51. The second kappa shape index (κ2) is 9.06. The van der Waals surface area contributed by atoms with E-state index in [0.717, 1.165) is 12.2 Å². The van der Waals surface area contributed by atoms with E-state index in [4.69, 9.17) is 0 Å². The minimum Gasteiger partial charge on any atom is -0.354 e. The fourth-order valence-corrected chi connectivity index (χ4v) is 4.09. The molecule has 0 aromatic rings. The highest BCUT2D eigenvalue weighted by Crippen LogP contribution is 2.42. The summed E-state index contributed by atoms with van der Waals surface area (Å²) in [6.45, 7) is 13.0. The van der Waals surface area contributed by atoms with E-state index in [1.807, 2.05) is 32.5 Å². The van der Waals surface area contributed by atoms with Crippen molar-refractivity contribution in [3.8, 4) is 0 Å². The van der Waals surface area contributed by atoms with E-state index in [2.05, 4.69) is 26.1 Å². The Balaban J connectivity index is 2.37. The van der Waals surface area contributed by atoms with E-state index < -0.39 is 5.41 Å². The van der Waals surface area contributed by atoms with E-state index in [1.165, 1.54) is 4.90 Å². The van der Waals surface area contributed by atoms with Crippen LogP contribution in [0.1, 0.15) is 67.2 Å². The quantitative estimate of drug-likeness (QED) is 0.500. The zero-order valence-corrected chi connectivity index (χ0v) is 17.4. The Morgan fingerprint density at radius 1 is 1.32 bits per heavy atom. The van der Waals surface area contributed by atoms with E-state index in [0.29, 0.717) is 19.4 Å². The number of carbonyl (C=O) groups excluding carboxylic acids is 3. The summed E-state index contributed by atoms with van der Waals surface area (Å²) in [6, 6.07) is 0. The molecule has 1 heterocycles. The molecule has 0 aliphatic carbocycles. The first-order chi connectivity index (χ1) is 11.5. The number of amides is 3. The first-order valence-corrected chi connectivity index (χ1v) is 10.3. The lowest BCUT2D eigenvalue weighted by Gasteiger charge is -2.29. The smallest absolute Gasteiger partial charge is 0.236 e. The Kier molecular flexibility index (Phi) is 7.97. The standard InChI is InChI=1S/C19H34N2O3S/c1-7-19(14(2)3)13-16(23)21(17(19)24)11-10-20-15(22)9-8-12-25-18(4,5)6/h14H,7-13H2,1-6H3,(H,20,22). The highest BCUT2D eigenvalue weighted by atomic mass is 32.2. The number of nitrogens with zero attached hydrogens (tertiary/aromatic N) is 1. The van der Waals surface area contributed by atoms with Crippen LogP contribution in [0.2, 0.25) is 0 Å². The second-order valence-electron chi connectivity index (χ2n) is 8.11. The second-order valence-corrected chi connectivity index (χ2v) is 10.0. The maximum Gasteiger partial charge on any atom is 0.236 e. The molecule has 1 aliphatic heterocycles. The lowest BCUT2D eigenvalue weighted by atomic mass is 9.73. The molecule has 5 nitrogen and oxygen atoms in total. The molecule has 0 aromatic carbocycles. The van der Waals surface area contributed by atoms with Gasteiger partial charge in [0.05, 0.1) is 5.41 Å². The molecule has 0 spiro atoms. The summed E-state index contributed by atoms with van der Waals surface area (Å²) < 4.78 is 0.217. The van der Waals surface area contributed by atoms with Crippen LogP contribution in [0.3, 0.4) is 0 Å². The molecule has 0 radical (unpaired) electrons. The van der Waals surface area contributed by atoms with Crippen molar-refractivity contribution in [2.24, 2.45) is 11.3 Å². The molecular formula is C19H34N2O3S. The number of hydrogen-bond donors (Lipinski definition) is 1. The fourth-order valence-electron chi connectivity index (χ4n) is 3.19. The van der Waals surface area contributed by atoms with Crippen LogP contribution in [0.15, 0.2) is 0 Å². The molecule has 1 unspecified atom stereocenters. The molecule has 144 valence electrons. The molecule has 0 aromatic heterocycles. The largest absolute Gasteiger partial charge is 0.354 e. The van der Waals surface area contributed by atoms with Crippen LogP contribution < -0.4 is 5.32 Å². The average Bonchev–Trinajstić information content (AvgIpc) is 2.75. The van der Waals surface area contributed by atoms with Gasteiger partial charge in [0.15, 0.2) is 0 Å². The number of hydrogen-bond acceptors (Lipinski definition) is 4. The van der Waals surface area contributed by atoms with Crippen molar-refractivity contribution < 1.29 is 14.4 Å². The maximum absolute atomic E-state index is 12.7. The van der Waals surface area contributed by atoms with Gasteiger partial charge in [-0.3, -0.25) is 19.3 Å². The highest BCUT2D eigenvalue weighted by molar-refractivity contribution is 8.00. The molecule has 3 amide bonds. The Hall–Kier alpha value is -1.04. The van der Waals surface area contributed by atoms with Gasteiger partial charge in [-0.2, -0.15) is 11.8 Å². The van der Waals surface area contributed by atoms with Crippen LogP contribution in [0.25, 0.3) is 0 Å². The minimum absolute atomic E-state index is 0.0146. The summed E-state index contributed by atoms with van der Waals surface area (Å²) in [6.07, 6.45) is 2.28. The number of thioether (sulfide) groups is 1. The van der Waals surface area contributed by atoms with Gasteiger partial charge >= 0.3 is 0 Å². The van der Waals surface area contributed by atoms with E-state index in [-0.39, 0.29) is 41.4 Å². The topological polar surface area (TPSA) is 66.5 Å². The van der Waals surface area contributed by atoms with Crippen LogP contribution in [0.5, 0.6) is 0 Å². The average molecular weight is 371 g/mol. The van der Waals surface area contributed by atoms with Gasteiger partial charge in [0.25, 0.3) is 0 Å². The minimum atomic E-state index is -0.564. The van der Waals surface area contributed by atoms with Crippen LogP contribution in [0, 0.1) is 11.3 Å². The molecule has 1 fully saturated rings. The number of nitrogens with one attached hydrogen (secondary N) is 1. The van der Waals surface area contributed by atoms with Crippen LogP contribution in [-0.2, 0) is 14.4 Å². The van der Waals surface area contributed by atoms with Gasteiger partial charge < -0.3 is 5.32 Å². The predicted octanol–water partition coefficient (Wildman–Crippen LogP) is 3.23. The maximum atomic E-state index is 12.7. The van der Waals surface area contributed by atoms with Gasteiger partial charge in [0, 0.05) is 30.7 Å². The molecule has 1 aliphatic rings. The number of rotatable bonds is 9. The summed E-state index contributed by atoms with van der Waals surface area (Å²) in [5.74, 6) is 0.878. The van der Waals surface area contributed by atoms with E-state index >= 15 is 0 Å². The molecule has 1 atom stereocenters. The summed E-state index contributed by atoms with van der Waals surface area (Å²) >= 11 is 1.85. The molecular weight excluding hydrogens is 336 g/mol. The van der Waals surface area contributed by atoms with Crippen LogP contribution in [0.4, 0.5) is 0 Å². The third-order valence-electron chi connectivity index (χ3n) is 4.92. The fraction of sp³-hybridized carbons (Fsp3) is 0.842. The van der Waals surface area contributed by atoms with Gasteiger partial charge in [0.1, 0.15) is 0 Å². The van der Waals surface area contributed by atoms with Gasteiger partial charge in [-0.25, -0.2) is 0 Å². The number of imide groups is 1. The SMILES string of the molecule is CCC1(C(C)C)CC(=O)N(CCNC(=O)CCCSC(C)(C)C)C1=O. The van der Waals surface area contributed by atoms with Crippen molar-refractivity contribution in [3.63, 3.8) is 0 Å². The normalized spacial score (nSPS) is 21.3. The molecule has 0 bridgehead atoms. The summed E-state index contributed by atoms with van der Waals surface area (Å²) in [7, 11) is 0. The zero-order chi connectivity index (χ0) is 19.3. The molecule has 6 heteroatoms. The Morgan fingerprint density at radius 2 is 1.96 bits per heavy atom. The van der Waals surface area contributed by atoms with Gasteiger partial charge in [-0.15, -0.1) is 0 Å². The Bertz CT molecular complexity index is 499. The molecule has 1 N–H and O–H groups in total. The van der Waals surface area contributed by atoms with Crippen molar-refractivity contribution >= 4 is 29.5 Å². The third-order valence-corrected chi connectivity index (χ3v) is 6.27. The summed E-state index contributed by atoms with van der Waals surface area (Å²) in [5.41, 5.74) is -0.564. The Labute approximate surface area is 156 Å². The lowest BCUT2D eigenvalue weighted by Crippen LogP contribution is -2.42. The predicted molar refractivity (Wildman–Crippen MR) is 103 cm³/mol. The molecule has 1 rings (SSSR count). The van der Waals surface area contributed by atoms with Gasteiger partial charge in [0.2, 0.25) is 17.7 Å². The van der Waals surface area contributed by atoms with Crippen molar-refractivity contribution in [2.75, 3.05) is 18.8 Å². The van der Waals surface area contributed by atoms with E-state index in [9.17, 15) is 14.4 Å². The lowest BCUT2D eigenvalue weighted by molar-refractivity contribution is -0.142. The van der Waals surface area contributed by atoms with Crippen molar-refractivity contribution in [2.45, 2.75) is 72.0 Å². The molecule has 0 saturated carbocycles. The third kappa shape index (κ3) is 6.01. The first kappa shape index (κ1) is 22.0. The zero-order valence-electron chi connectivity index (χ0n) is 16.6. The number of carbonyl (C=O) groups is 3. The summed E-state index contributed by atoms with van der Waals surface area (Å²) in [5, 5.41) is 2.83. The molecule has 25 heavy (non-hydrogen) atoms. The van der Waals surface area contributed by atoms with Crippen molar-refractivity contribution in [1.82, 2.24) is 10.2 Å². The van der Waals surface area contributed by atoms with E-state index in [1.54, 1.807) is 0 Å². The molecule has 1 saturated heterocycles. The van der Waals surface area contributed by atoms with Gasteiger partial charge in [-0.05, 0) is 24.5 Å². The van der Waals surface area contributed by atoms with Gasteiger partial charge in [-0.1, -0.05) is 41.5 Å². The Morgan fingerprint density at radius 3 is 2.44 bits per heavy atom. The van der Waals surface area contributed by atoms with Crippen LogP contribution in [-0.4, -0.2) is 46.2 Å². The van der Waals surface area contributed by atoms with Crippen molar-refractivity contribution in [1.29, 1.82) is 0 Å². The van der Waals surface area contributed by atoms with Crippen molar-refractivity contribution in [3.05, 3.63) is 0 Å². The monoisotopic (exact) mass is 370 g/mol. The summed E-state index contributed by atoms with van der Waals surface area (Å²) in [4.78, 5) is 38.1. The van der Waals surface area contributed by atoms with Crippen LogP contribution >= 0.6 is 11.8 Å². The first-order valence-electron chi connectivity index (χ1n) is 9.29. The number of likely N-dealkylation sites (tertiary alicyclic amines) is 1.